The molecule has 0 saturated heterocycles. The van der Waals surface area contributed by atoms with Crippen LogP contribution in [0.3, 0.4) is 0 Å². The van der Waals surface area contributed by atoms with Crippen molar-refractivity contribution >= 4 is 0 Å². The third-order valence-electron chi connectivity index (χ3n) is 3.53. The summed E-state index contributed by atoms with van der Waals surface area (Å²) >= 11 is 0. The average Bonchev–Trinajstić information content (AvgIpc) is 2.61. The normalized spacial score (nSPS) is 12.3. The van der Waals surface area contributed by atoms with Crippen LogP contribution in [0, 0.1) is 0 Å². The van der Waals surface area contributed by atoms with Gasteiger partial charge in [0.05, 0.1) is 11.1 Å². The Morgan fingerprint density at radius 3 is 1.48 bits per heavy atom. The second kappa shape index (κ2) is 8.51. The van der Waals surface area contributed by atoms with Gasteiger partial charge < -0.3 is 14.2 Å². The highest BCUT2D eigenvalue weighted by Gasteiger charge is 2.31. The van der Waals surface area contributed by atoms with Crippen LogP contribution in [0.2, 0.25) is 0 Å². The number of hydrogen-bond donors (Lipinski definition) is 0. The number of halogens is 6. The molecular formula is C18H16F6O3. The van der Waals surface area contributed by atoms with Gasteiger partial charge in [-0.3, -0.25) is 0 Å². The van der Waals surface area contributed by atoms with E-state index in [1.165, 1.54) is 31.4 Å². The maximum atomic E-state index is 12.7. The Kier molecular flexibility index (Phi) is 6.59. The van der Waals surface area contributed by atoms with Crippen molar-refractivity contribution in [3.63, 3.8) is 0 Å². The Labute approximate surface area is 151 Å². The van der Waals surface area contributed by atoms with Crippen LogP contribution in [0.1, 0.15) is 11.1 Å². The Morgan fingerprint density at radius 2 is 1.15 bits per heavy atom. The van der Waals surface area contributed by atoms with Crippen molar-refractivity contribution in [1.82, 2.24) is 0 Å². The fourth-order valence-electron chi connectivity index (χ4n) is 2.09. The van der Waals surface area contributed by atoms with Crippen LogP contribution >= 0.6 is 0 Å². The van der Waals surface area contributed by atoms with Gasteiger partial charge in [-0.15, -0.1) is 0 Å². The quantitative estimate of drug-likeness (QED) is 0.605. The Morgan fingerprint density at radius 1 is 0.741 bits per heavy atom. The monoisotopic (exact) mass is 394 g/mol. The second-order valence-electron chi connectivity index (χ2n) is 5.53. The maximum Gasteiger partial charge on any atom is 0.416 e. The largest absolute Gasteiger partial charge is 0.491 e. The molecule has 0 atom stereocenters. The SMILES string of the molecule is COC(COc1cccc(C(F)(F)F)c1)COc1cccc(C(F)(F)F)c1. The lowest BCUT2D eigenvalue weighted by molar-refractivity contribution is -0.138. The molecule has 3 nitrogen and oxygen atoms in total. The zero-order valence-corrected chi connectivity index (χ0v) is 14.1. The lowest BCUT2D eigenvalue weighted by Gasteiger charge is -2.18. The Hall–Kier alpha value is -2.42. The lowest BCUT2D eigenvalue weighted by atomic mass is 10.2. The third-order valence-corrected chi connectivity index (χ3v) is 3.53. The molecule has 0 bridgehead atoms. The van der Waals surface area contributed by atoms with Gasteiger partial charge in [-0.05, 0) is 36.4 Å². The average molecular weight is 394 g/mol. The van der Waals surface area contributed by atoms with Crippen LogP contribution in [0.15, 0.2) is 48.5 Å². The van der Waals surface area contributed by atoms with E-state index in [1.807, 2.05) is 0 Å². The van der Waals surface area contributed by atoms with Gasteiger partial charge in [0, 0.05) is 7.11 Å². The molecule has 0 amide bonds. The van der Waals surface area contributed by atoms with E-state index in [9.17, 15) is 26.3 Å². The Balaban J connectivity index is 1.93. The summed E-state index contributed by atoms with van der Waals surface area (Å²) < 4.78 is 91.7. The van der Waals surface area contributed by atoms with Crippen molar-refractivity contribution in [1.29, 1.82) is 0 Å². The van der Waals surface area contributed by atoms with Gasteiger partial charge >= 0.3 is 12.4 Å². The first-order chi connectivity index (χ1) is 12.6. The highest BCUT2D eigenvalue weighted by atomic mass is 19.4. The first-order valence-electron chi connectivity index (χ1n) is 7.72. The minimum Gasteiger partial charge on any atom is -0.491 e. The van der Waals surface area contributed by atoms with Gasteiger partial charge in [0.1, 0.15) is 30.8 Å². The van der Waals surface area contributed by atoms with Crippen LogP contribution in [-0.2, 0) is 17.1 Å². The van der Waals surface area contributed by atoms with E-state index in [-0.39, 0.29) is 24.7 Å². The van der Waals surface area contributed by atoms with Crippen LogP contribution in [-0.4, -0.2) is 26.4 Å². The summed E-state index contributed by atoms with van der Waals surface area (Å²) in [4.78, 5) is 0. The van der Waals surface area contributed by atoms with Gasteiger partial charge in [0.2, 0.25) is 0 Å². The first-order valence-corrected chi connectivity index (χ1v) is 7.72. The molecule has 0 heterocycles. The molecule has 148 valence electrons. The molecule has 0 aliphatic carbocycles. The molecule has 2 rings (SSSR count). The zero-order valence-electron chi connectivity index (χ0n) is 14.1. The minimum absolute atomic E-state index is 0.00839. The number of rotatable bonds is 7. The standard InChI is InChI=1S/C18H16F6O3/c1-25-16(10-26-14-6-2-4-12(8-14)17(19,20)21)11-27-15-7-3-5-13(9-15)18(22,23)24/h2-9,16H,10-11H2,1H3. The van der Waals surface area contributed by atoms with Gasteiger partial charge in [0.25, 0.3) is 0 Å². The molecule has 27 heavy (non-hydrogen) atoms. The molecular weight excluding hydrogens is 378 g/mol. The van der Waals surface area contributed by atoms with E-state index < -0.39 is 29.6 Å². The molecule has 0 aromatic heterocycles. The van der Waals surface area contributed by atoms with Gasteiger partial charge in [-0.25, -0.2) is 0 Å². The van der Waals surface area contributed by atoms with Gasteiger partial charge in [-0.2, -0.15) is 26.3 Å². The van der Waals surface area contributed by atoms with Crippen molar-refractivity contribution < 1.29 is 40.6 Å². The van der Waals surface area contributed by atoms with Crippen LogP contribution in [0.4, 0.5) is 26.3 Å². The molecule has 0 N–H and O–H groups in total. The summed E-state index contributed by atoms with van der Waals surface area (Å²) in [6.45, 7) is -0.284. The van der Waals surface area contributed by atoms with E-state index in [2.05, 4.69) is 0 Å². The van der Waals surface area contributed by atoms with Gasteiger partial charge in [-0.1, -0.05) is 12.1 Å². The highest BCUT2D eigenvalue weighted by Crippen LogP contribution is 2.32. The molecule has 0 saturated carbocycles. The zero-order chi connectivity index (χ0) is 20.1. The number of alkyl halides is 6. The summed E-state index contributed by atoms with van der Waals surface area (Å²) in [5.74, 6) is -0.0168. The fourth-order valence-corrected chi connectivity index (χ4v) is 2.09. The smallest absolute Gasteiger partial charge is 0.416 e. The summed E-state index contributed by atoms with van der Waals surface area (Å²) in [5, 5.41) is 0. The van der Waals surface area contributed by atoms with E-state index in [0.29, 0.717) is 0 Å². The number of benzene rings is 2. The number of hydrogen-bond acceptors (Lipinski definition) is 3. The first kappa shape index (κ1) is 20.9. The molecule has 0 aliphatic heterocycles. The van der Waals surface area contributed by atoms with Crippen LogP contribution < -0.4 is 9.47 Å². The summed E-state index contributed by atoms with van der Waals surface area (Å²) in [6.07, 6.45) is -9.69. The van der Waals surface area contributed by atoms with Crippen LogP contribution in [0.25, 0.3) is 0 Å². The molecule has 0 radical (unpaired) electrons. The summed E-state index contributed by atoms with van der Waals surface area (Å²) in [5.41, 5.74) is -1.71. The van der Waals surface area contributed by atoms with Crippen molar-refractivity contribution in [3.8, 4) is 11.5 Å². The van der Waals surface area contributed by atoms with Gasteiger partial charge in [0.15, 0.2) is 0 Å². The number of methoxy groups -OCH3 is 1. The number of ether oxygens (including phenoxy) is 3. The molecule has 2 aromatic rings. The highest BCUT2D eigenvalue weighted by molar-refractivity contribution is 5.31. The van der Waals surface area contributed by atoms with E-state index >= 15 is 0 Å². The topological polar surface area (TPSA) is 27.7 Å². The lowest BCUT2D eigenvalue weighted by Crippen LogP contribution is -2.27. The Bertz CT molecular complexity index is 681. The molecule has 9 heteroatoms. The predicted molar refractivity (Wildman–Crippen MR) is 84.7 cm³/mol. The van der Waals surface area contributed by atoms with Crippen molar-refractivity contribution in [2.24, 2.45) is 0 Å². The molecule has 0 fully saturated rings. The van der Waals surface area contributed by atoms with Crippen molar-refractivity contribution in [3.05, 3.63) is 59.7 Å². The second-order valence-corrected chi connectivity index (χ2v) is 5.53. The molecule has 0 unspecified atom stereocenters. The van der Waals surface area contributed by atoms with Crippen molar-refractivity contribution in [2.75, 3.05) is 20.3 Å². The van der Waals surface area contributed by atoms with E-state index in [4.69, 9.17) is 14.2 Å². The third kappa shape index (κ3) is 6.35. The molecule has 2 aromatic carbocycles. The van der Waals surface area contributed by atoms with E-state index in [0.717, 1.165) is 24.3 Å². The summed E-state index contributed by atoms with van der Waals surface area (Å²) in [7, 11) is 1.33. The minimum atomic E-state index is -4.49. The van der Waals surface area contributed by atoms with E-state index in [1.54, 1.807) is 0 Å². The molecule has 0 spiro atoms. The maximum absolute atomic E-state index is 12.7. The summed E-state index contributed by atoms with van der Waals surface area (Å²) in [6, 6.07) is 8.65. The predicted octanol–water partition coefficient (Wildman–Crippen LogP) is 5.20. The fraction of sp³-hybridized carbons (Fsp3) is 0.333. The van der Waals surface area contributed by atoms with Crippen molar-refractivity contribution in [2.45, 2.75) is 18.5 Å². The molecule has 0 aliphatic rings. The van der Waals surface area contributed by atoms with Crippen LogP contribution in [0.5, 0.6) is 11.5 Å².